The fraction of sp³-hybridized carbons (Fsp3) is 0.400. The fourth-order valence-electron chi connectivity index (χ4n) is 2.63. The van der Waals surface area contributed by atoms with Crippen LogP contribution in [0.25, 0.3) is 5.69 Å². The molecule has 4 nitrogen and oxygen atoms in total. The Kier molecular flexibility index (Phi) is 3.36. The van der Waals surface area contributed by atoms with Crippen LogP contribution in [0.15, 0.2) is 42.6 Å². The summed E-state index contributed by atoms with van der Waals surface area (Å²) in [5.74, 6) is 0.147. The van der Waals surface area contributed by atoms with Gasteiger partial charge in [0.05, 0.1) is 24.1 Å². The van der Waals surface area contributed by atoms with Crippen molar-refractivity contribution in [2.75, 3.05) is 6.61 Å². The molecule has 3 rings (SSSR count). The van der Waals surface area contributed by atoms with Crippen LogP contribution in [0, 0.1) is 5.92 Å². The molecule has 1 aromatic heterocycles. The second-order valence-electron chi connectivity index (χ2n) is 5.09. The molecular formula is C15H18N2O2. The van der Waals surface area contributed by atoms with Crippen LogP contribution >= 0.6 is 0 Å². The monoisotopic (exact) mass is 258 g/mol. The molecule has 4 heteroatoms. The van der Waals surface area contributed by atoms with Gasteiger partial charge < -0.3 is 9.84 Å². The van der Waals surface area contributed by atoms with E-state index in [4.69, 9.17) is 4.74 Å². The lowest BCUT2D eigenvalue weighted by Crippen LogP contribution is -2.16. The third-order valence-corrected chi connectivity index (χ3v) is 3.65. The summed E-state index contributed by atoms with van der Waals surface area (Å²) in [6.07, 6.45) is 2.31. The van der Waals surface area contributed by atoms with Gasteiger partial charge in [0.1, 0.15) is 6.10 Å². The van der Waals surface area contributed by atoms with Gasteiger partial charge in [0.25, 0.3) is 0 Å². The van der Waals surface area contributed by atoms with E-state index in [1.165, 1.54) is 0 Å². The van der Waals surface area contributed by atoms with Crippen molar-refractivity contribution in [3.8, 4) is 5.69 Å². The molecule has 0 saturated carbocycles. The van der Waals surface area contributed by atoms with Crippen LogP contribution in [-0.2, 0) is 4.74 Å². The molecule has 1 fully saturated rings. The molecule has 2 aromatic rings. The number of ether oxygens (including phenoxy) is 1. The van der Waals surface area contributed by atoms with Crippen molar-refractivity contribution in [2.45, 2.75) is 25.6 Å². The second kappa shape index (κ2) is 5.15. The van der Waals surface area contributed by atoms with Crippen LogP contribution in [0.3, 0.4) is 0 Å². The first-order valence-corrected chi connectivity index (χ1v) is 6.64. The van der Waals surface area contributed by atoms with Gasteiger partial charge in [-0.1, -0.05) is 18.2 Å². The first-order chi connectivity index (χ1) is 9.25. The maximum atomic E-state index is 10.5. The third kappa shape index (κ3) is 2.41. The number of hydrogen-bond acceptors (Lipinski definition) is 3. The van der Waals surface area contributed by atoms with Gasteiger partial charge in [-0.3, -0.25) is 0 Å². The molecule has 1 aliphatic rings. The molecule has 1 N–H and O–H groups in total. The topological polar surface area (TPSA) is 47.3 Å². The maximum absolute atomic E-state index is 10.5. The zero-order valence-electron chi connectivity index (χ0n) is 10.9. The molecular weight excluding hydrogens is 240 g/mol. The van der Waals surface area contributed by atoms with Gasteiger partial charge in [-0.25, -0.2) is 4.68 Å². The summed E-state index contributed by atoms with van der Waals surface area (Å²) in [7, 11) is 0. The Morgan fingerprint density at radius 1 is 1.32 bits per heavy atom. The van der Waals surface area contributed by atoms with Crippen LogP contribution in [-0.4, -0.2) is 27.6 Å². The zero-order valence-corrected chi connectivity index (χ0v) is 10.9. The molecule has 0 amide bonds. The highest BCUT2D eigenvalue weighted by Gasteiger charge is 2.31. The fourth-order valence-corrected chi connectivity index (χ4v) is 2.63. The Bertz CT molecular complexity index is 538. The van der Waals surface area contributed by atoms with Gasteiger partial charge in [-0.15, -0.1) is 0 Å². The van der Waals surface area contributed by atoms with E-state index in [2.05, 4.69) is 5.10 Å². The van der Waals surface area contributed by atoms with Crippen LogP contribution in [0.2, 0.25) is 0 Å². The van der Waals surface area contributed by atoms with Crippen LogP contribution in [0.5, 0.6) is 0 Å². The lowest BCUT2D eigenvalue weighted by atomic mass is 9.97. The van der Waals surface area contributed by atoms with Crippen molar-refractivity contribution in [3.05, 3.63) is 48.3 Å². The minimum atomic E-state index is -0.535. The smallest absolute Gasteiger partial charge is 0.101 e. The van der Waals surface area contributed by atoms with Crippen LogP contribution < -0.4 is 0 Å². The quantitative estimate of drug-likeness (QED) is 0.919. The summed E-state index contributed by atoms with van der Waals surface area (Å²) in [6, 6.07) is 11.7. The second-order valence-corrected chi connectivity index (χ2v) is 5.09. The van der Waals surface area contributed by atoms with E-state index < -0.39 is 6.10 Å². The number of aromatic nitrogens is 2. The van der Waals surface area contributed by atoms with Crippen molar-refractivity contribution < 1.29 is 9.84 Å². The van der Waals surface area contributed by atoms with E-state index in [-0.39, 0.29) is 12.0 Å². The molecule has 3 atom stereocenters. The van der Waals surface area contributed by atoms with Gasteiger partial charge in [0.15, 0.2) is 0 Å². The Morgan fingerprint density at radius 3 is 2.79 bits per heavy atom. The van der Waals surface area contributed by atoms with Crippen molar-refractivity contribution in [1.29, 1.82) is 0 Å². The lowest BCUT2D eigenvalue weighted by molar-refractivity contribution is 0.0767. The summed E-state index contributed by atoms with van der Waals surface area (Å²) in [5.41, 5.74) is 1.79. The average molecular weight is 258 g/mol. The molecule has 1 saturated heterocycles. The van der Waals surface area contributed by atoms with Crippen molar-refractivity contribution in [1.82, 2.24) is 9.78 Å². The summed E-state index contributed by atoms with van der Waals surface area (Å²) >= 11 is 0. The van der Waals surface area contributed by atoms with Crippen molar-refractivity contribution in [3.63, 3.8) is 0 Å². The molecule has 1 aromatic carbocycles. The molecule has 3 unspecified atom stereocenters. The molecule has 0 bridgehead atoms. The average Bonchev–Trinajstić information content (AvgIpc) is 3.07. The molecule has 19 heavy (non-hydrogen) atoms. The Labute approximate surface area is 112 Å². The standard InChI is InChI=1S/C15H18N2O2/c1-11-9-12(10-19-11)15(18)14-7-8-16-17(14)13-5-3-2-4-6-13/h2-8,11-12,15,18H,9-10H2,1H3. The highest BCUT2D eigenvalue weighted by molar-refractivity contribution is 5.33. The van der Waals surface area contributed by atoms with E-state index in [1.807, 2.05) is 43.3 Å². The number of para-hydroxylation sites is 1. The third-order valence-electron chi connectivity index (χ3n) is 3.65. The number of benzene rings is 1. The van der Waals surface area contributed by atoms with Gasteiger partial charge in [0, 0.05) is 12.1 Å². The first-order valence-electron chi connectivity index (χ1n) is 6.64. The van der Waals surface area contributed by atoms with E-state index in [1.54, 1.807) is 10.9 Å². The predicted molar refractivity (Wildman–Crippen MR) is 72.0 cm³/mol. The largest absolute Gasteiger partial charge is 0.386 e. The predicted octanol–water partition coefficient (Wildman–Crippen LogP) is 2.33. The lowest BCUT2D eigenvalue weighted by Gasteiger charge is -2.18. The number of aliphatic hydroxyl groups is 1. The van der Waals surface area contributed by atoms with Gasteiger partial charge >= 0.3 is 0 Å². The molecule has 0 radical (unpaired) electrons. The molecule has 2 heterocycles. The molecule has 100 valence electrons. The van der Waals surface area contributed by atoms with Crippen LogP contribution in [0.4, 0.5) is 0 Å². The summed E-state index contributed by atoms with van der Waals surface area (Å²) in [4.78, 5) is 0. The van der Waals surface area contributed by atoms with E-state index in [0.717, 1.165) is 17.8 Å². The van der Waals surface area contributed by atoms with Gasteiger partial charge in [0.2, 0.25) is 0 Å². The highest BCUT2D eigenvalue weighted by Crippen LogP contribution is 2.32. The van der Waals surface area contributed by atoms with Crippen molar-refractivity contribution >= 4 is 0 Å². The van der Waals surface area contributed by atoms with E-state index >= 15 is 0 Å². The minimum Gasteiger partial charge on any atom is -0.386 e. The Morgan fingerprint density at radius 2 is 2.11 bits per heavy atom. The highest BCUT2D eigenvalue weighted by atomic mass is 16.5. The summed E-state index contributed by atoms with van der Waals surface area (Å²) < 4.78 is 7.34. The van der Waals surface area contributed by atoms with Crippen LogP contribution in [0.1, 0.15) is 25.1 Å². The number of nitrogens with zero attached hydrogens (tertiary/aromatic N) is 2. The zero-order chi connectivity index (χ0) is 13.2. The molecule has 1 aliphatic heterocycles. The van der Waals surface area contributed by atoms with E-state index in [9.17, 15) is 5.11 Å². The number of hydrogen-bond donors (Lipinski definition) is 1. The SMILES string of the molecule is CC1CC(C(O)c2ccnn2-c2ccccc2)CO1. The Hall–Kier alpha value is -1.65. The van der Waals surface area contributed by atoms with Gasteiger partial charge in [-0.05, 0) is 31.5 Å². The Balaban J connectivity index is 1.88. The molecule has 0 spiro atoms. The summed E-state index contributed by atoms with van der Waals surface area (Å²) in [5, 5.41) is 14.8. The number of rotatable bonds is 3. The van der Waals surface area contributed by atoms with Gasteiger partial charge in [-0.2, -0.15) is 5.10 Å². The number of aliphatic hydroxyl groups excluding tert-OH is 1. The first kappa shape index (κ1) is 12.4. The van der Waals surface area contributed by atoms with Crippen molar-refractivity contribution in [2.24, 2.45) is 5.92 Å². The molecule has 0 aliphatic carbocycles. The summed E-state index contributed by atoms with van der Waals surface area (Å²) in [6.45, 7) is 2.66. The maximum Gasteiger partial charge on any atom is 0.101 e. The minimum absolute atomic E-state index is 0.147. The van der Waals surface area contributed by atoms with E-state index in [0.29, 0.717) is 6.61 Å². The normalized spacial score (nSPS) is 24.5.